The van der Waals surface area contributed by atoms with Crippen molar-refractivity contribution >= 4 is 104 Å². The fraction of sp³-hybridized carbons (Fsp3) is 0.472. The lowest BCUT2D eigenvalue weighted by Crippen LogP contribution is -2.65. The number of carbonyl (C=O) groups is 14. The Morgan fingerprint density at radius 2 is 1.10 bits per heavy atom. The minimum absolute atomic E-state index is 0.00858. The highest BCUT2D eigenvalue weighted by molar-refractivity contribution is 6.41. The van der Waals surface area contributed by atoms with Gasteiger partial charge >= 0.3 is 0 Å². The predicted molar refractivity (Wildman–Crippen MR) is 462 cm³/mol. The van der Waals surface area contributed by atoms with Gasteiger partial charge in [-0.3, -0.25) is 67.1 Å². The second kappa shape index (κ2) is 46.7. The van der Waals surface area contributed by atoms with Gasteiger partial charge in [0.2, 0.25) is 82.5 Å². The summed E-state index contributed by atoms with van der Waals surface area (Å²) in [4.78, 5) is 218. The van der Waals surface area contributed by atoms with E-state index in [1.807, 2.05) is 26.0 Å². The average molecular weight is 1710 g/mol. The van der Waals surface area contributed by atoms with E-state index in [1.165, 1.54) is 64.5 Å². The molecule has 35 heteroatoms. The van der Waals surface area contributed by atoms with E-state index in [1.54, 1.807) is 105 Å². The van der Waals surface area contributed by atoms with Crippen molar-refractivity contribution in [3.05, 3.63) is 168 Å². The Bertz CT molecular complexity index is 4860. The molecule has 0 unspecified atom stereocenters. The molecule has 8 rings (SSSR count). The van der Waals surface area contributed by atoms with Crippen molar-refractivity contribution in [1.82, 2.24) is 84.0 Å². The number of phenolic OH excluding ortho intramolecular Hbond substituents is 1. The highest BCUT2D eigenvalue weighted by Crippen LogP contribution is 2.26. The number of nitrogens with zero attached hydrogens (tertiary/aromatic N) is 1. The third-order valence-electron chi connectivity index (χ3n) is 21.8. The minimum atomic E-state index is -1.96. The summed E-state index contributed by atoms with van der Waals surface area (Å²) in [7, 11) is 0. The molecular weight excluding hydrogens is 1590 g/mol. The number of phenols is 1. The number of carbonyl (C=O) groups excluding carboxylic acids is 14. The third-order valence-corrected chi connectivity index (χ3v) is 21.8. The van der Waals surface area contributed by atoms with Crippen LogP contribution in [-0.2, 0) is 99.2 Å². The van der Waals surface area contributed by atoms with Crippen molar-refractivity contribution in [3.8, 4) is 5.75 Å². The van der Waals surface area contributed by atoms with Gasteiger partial charge in [0, 0.05) is 91.5 Å². The number of imidazole rings is 1. The van der Waals surface area contributed by atoms with Gasteiger partial charge < -0.3 is 94.9 Å². The Kier molecular flexibility index (Phi) is 36.5. The summed E-state index contributed by atoms with van der Waals surface area (Å²) in [6.07, 6.45) is 8.97. The molecule has 1 aliphatic rings. The molecular formula is C89H120N18O17. The lowest BCUT2D eigenvalue weighted by molar-refractivity contribution is -0.141. The van der Waals surface area contributed by atoms with E-state index in [0.717, 1.165) is 0 Å². The van der Waals surface area contributed by atoms with Gasteiger partial charge in [0.25, 0.3) is 0 Å². The van der Waals surface area contributed by atoms with Crippen molar-refractivity contribution in [3.63, 3.8) is 0 Å². The Labute approximate surface area is 719 Å². The van der Waals surface area contributed by atoms with Crippen LogP contribution in [0.4, 0.5) is 0 Å². The SMILES string of the molecule is CC(=O)N[C@@H](CC(C)C)C(=O)N[C@H](C(=O)N[C@@H](Cc1ccccc1)C(=O)N[C@]1(C)CCCCCC/C=C\CCC[C@@](C)(C(=O)N[C@@H](CO)C(N)=O)NN[C@@H](CC(C)C)C(=O)C(=O)[C@H](CCC(N)=O)NC(=O)[C@H](Cc2c[nH]c3ccccc23)NC(=O)[C@H](Cc2c[nH]c3ccccc23)NC(=O)[C@H](Cc2ccc(O)cc2)NC(=O)[C@H](Cc2cnc[nH]2)NC1=O)[C@@H](C)O. The molecule has 22 N–H and O–H groups in total. The number of hydrazine groups is 1. The normalized spacial score (nSPS) is 22.1. The summed E-state index contributed by atoms with van der Waals surface area (Å²) in [5, 5.41) is 60.3. The van der Waals surface area contributed by atoms with Gasteiger partial charge in [-0.2, -0.15) is 0 Å². The number of aliphatic hydroxyl groups is 2. The number of allylic oxidation sites excluding steroid dienone is 2. The largest absolute Gasteiger partial charge is 0.508 e. The van der Waals surface area contributed by atoms with E-state index in [2.05, 4.69) is 84.0 Å². The van der Waals surface area contributed by atoms with Gasteiger partial charge in [-0.05, 0) is 137 Å². The summed E-state index contributed by atoms with van der Waals surface area (Å²) >= 11 is 0. The number of Topliss-reactive ketones (excluding diaryl/α,β-unsaturated/α-hetero) is 2. The van der Waals surface area contributed by atoms with Crippen LogP contribution in [-0.4, -0.2) is 202 Å². The molecule has 0 aliphatic carbocycles. The molecule has 668 valence electrons. The number of H-pyrrole nitrogens is 3. The van der Waals surface area contributed by atoms with Gasteiger partial charge in [-0.15, -0.1) is 0 Å². The number of aromatic hydroxyl groups is 1. The van der Waals surface area contributed by atoms with Crippen molar-refractivity contribution in [1.29, 1.82) is 0 Å². The summed E-state index contributed by atoms with van der Waals surface area (Å²) in [5.41, 5.74) is 16.9. The van der Waals surface area contributed by atoms with Gasteiger partial charge in [-0.25, -0.2) is 15.8 Å². The Morgan fingerprint density at radius 1 is 0.548 bits per heavy atom. The molecule has 4 heterocycles. The molecule has 0 saturated heterocycles. The standard InChI is InChI=1S/C89H120N18O17/c1-51(2)39-66-77(114)76(113)65(35-36-74(90)112)97-80(117)70(43-57-46-93-63-29-21-19-27-61(57)63)100-81(118)71(44-58-47-94-64-30-22-20-28-62(58)64)99-79(116)68(42-56-31-33-60(111)34-32-56)98-82(119)72(45-59-48-92-50-95-59)102-86(123)88(7,37-23-14-12-10-9-11-13-15-24-38-89(8,107-106-66)87(124)103-73(49-108)78(91)115)105-84(121)69(41-55-25-17-16-18-26-55)101-85(122)75(53(5)109)104-83(120)67(40-52(3)4)96-54(6)110/h11,13,16-22,25-34,46-48,50-53,65-73,75,93-94,106-109,111H,9-10,12,14-15,23-24,35-45,49H2,1-8H3,(H2,90,112)(H2,91,115)(H,92,95)(H,96,110)(H,97,117)(H,98,119)(H,99,116)(H,100,118)(H,101,122)(H,102,123)(H,103,124)(H,104,120)(H,105,121)/b13-11-/t53-,65+,66+,67+,68+,69+,70+,71+,72+,73+,75+,88-,89+/m1/s1. The van der Waals surface area contributed by atoms with E-state index >= 15 is 38.4 Å². The van der Waals surface area contributed by atoms with Crippen LogP contribution in [0.25, 0.3) is 21.8 Å². The zero-order valence-corrected chi connectivity index (χ0v) is 71.4. The first-order valence-electron chi connectivity index (χ1n) is 42.1. The number of aliphatic hydroxyl groups excluding tert-OH is 2. The van der Waals surface area contributed by atoms with Crippen LogP contribution >= 0.6 is 0 Å². The number of nitrogens with one attached hydrogen (secondary N) is 15. The zero-order valence-electron chi connectivity index (χ0n) is 71.4. The molecule has 13 atom stereocenters. The highest BCUT2D eigenvalue weighted by Gasteiger charge is 2.44. The maximum atomic E-state index is 15.8. The first-order chi connectivity index (χ1) is 59.0. The molecule has 0 saturated carbocycles. The Balaban J connectivity index is 1.23. The van der Waals surface area contributed by atoms with E-state index in [0.29, 0.717) is 88.3 Å². The lowest BCUT2D eigenvalue weighted by Gasteiger charge is -2.34. The van der Waals surface area contributed by atoms with Crippen molar-refractivity contribution in [2.45, 2.75) is 249 Å². The molecule has 3 aromatic heterocycles. The van der Waals surface area contributed by atoms with Crippen LogP contribution in [0, 0.1) is 11.8 Å². The number of hydrogen-bond donors (Lipinski definition) is 20. The molecule has 124 heavy (non-hydrogen) atoms. The lowest BCUT2D eigenvalue weighted by atomic mass is 9.91. The predicted octanol–water partition coefficient (Wildman–Crippen LogP) is 2.51. The van der Waals surface area contributed by atoms with Gasteiger partial charge in [0.15, 0.2) is 0 Å². The third kappa shape index (κ3) is 29.1. The molecule has 0 spiro atoms. The fourth-order valence-electron chi connectivity index (χ4n) is 14.8. The molecule has 0 bridgehead atoms. The van der Waals surface area contributed by atoms with Crippen LogP contribution in [0.5, 0.6) is 5.75 Å². The van der Waals surface area contributed by atoms with E-state index in [-0.39, 0.29) is 81.8 Å². The average Bonchev–Trinajstić information content (AvgIpc) is 1.56. The van der Waals surface area contributed by atoms with Crippen LogP contribution in [0.15, 0.2) is 140 Å². The van der Waals surface area contributed by atoms with Crippen molar-refractivity contribution < 1.29 is 82.4 Å². The number of aromatic nitrogens is 4. The van der Waals surface area contributed by atoms with Crippen LogP contribution < -0.4 is 75.5 Å². The van der Waals surface area contributed by atoms with Crippen LogP contribution in [0.2, 0.25) is 0 Å². The monoisotopic (exact) mass is 1710 g/mol. The van der Waals surface area contributed by atoms with E-state index in [4.69, 9.17) is 11.5 Å². The number of primary amides is 2. The fourth-order valence-corrected chi connectivity index (χ4v) is 14.8. The summed E-state index contributed by atoms with van der Waals surface area (Å²) in [5.74, 6) is -13.7. The Morgan fingerprint density at radius 3 is 1.64 bits per heavy atom. The van der Waals surface area contributed by atoms with Crippen molar-refractivity contribution in [2.24, 2.45) is 23.3 Å². The van der Waals surface area contributed by atoms with E-state index < -0.39 is 180 Å². The zero-order chi connectivity index (χ0) is 90.4. The first kappa shape index (κ1) is 97.0. The van der Waals surface area contributed by atoms with Gasteiger partial charge in [-0.1, -0.05) is 138 Å². The topological polar surface area (TPSA) is 556 Å². The number of hydrogen-bond acceptors (Lipinski definition) is 20. The molecule has 1 aliphatic heterocycles. The van der Waals surface area contributed by atoms with Crippen LogP contribution in [0.1, 0.15) is 167 Å². The number of benzene rings is 4. The maximum absolute atomic E-state index is 15.8. The number of ketones is 2. The van der Waals surface area contributed by atoms with Gasteiger partial charge in [0.05, 0.1) is 31.1 Å². The Hall–Kier alpha value is -12.5. The summed E-state index contributed by atoms with van der Waals surface area (Å²) in [6, 6.07) is 12.7. The number of para-hydroxylation sites is 2. The number of nitrogens with two attached hydrogens (primary N) is 2. The molecule has 12 amide bonds. The summed E-state index contributed by atoms with van der Waals surface area (Å²) in [6.45, 7) is 11.7. The van der Waals surface area contributed by atoms with Gasteiger partial charge in [0.1, 0.15) is 65.2 Å². The summed E-state index contributed by atoms with van der Waals surface area (Å²) < 4.78 is 0. The molecule has 0 fully saturated rings. The number of amides is 12. The molecule has 7 aromatic rings. The second-order valence-corrected chi connectivity index (χ2v) is 33.2. The van der Waals surface area contributed by atoms with E-state index in [9.17, 15) is 44.1 Å². The number of fused-ring (bicyclic) bond motifs is 2. The number of aromatic amines is 3. The number of rotatable bonds is 29. The smallest absolute Gasteiger partial charge is 0.246 e. The maximum Gasteiger partial charge on any atom is 0.246 e. The molecule has 0 radical (unpaired) electrons. The molecule has 4 aromatic carbocycles. The first-order valence-corrected chi connectivity index (χ1v) is 42.1. The highest BCUT2D eigenvalue weighted by atomic mass is 16.3. The quantitative estimate of drug-likeness (QED) is 0.0236. The molecule has 35 nitrogen and oxygen atoms in total. The minimum Gasteiger partial charge on any atom is -0.508 e. The van der Waals surface area contributed by atoms with Crippen molar-refractivity contribution in [2.75, 3.05) is 6.61 Å². The van der Waals surface area contributed by atoms with Crippen LogP contribution in [0.3, 0.4) is 0 Å². The second-order valence-electron chi connectivity index (χ2n) is 33.2.